The van der Waals surface area contributed by atoms with Crippen LogP contribution in [0.1, 0.15) is 62.4 Å². The van der Waals surface area contributed by atoms with E-state index in [2.05, 4.69) is 59.5 Å². The van der Waals surface area contributed by atoms with Crippen molar-refractivity contribution >= 4 is 34.9 Å². The monoisotopic (exact) mass is 571 g/mol. The first-order valence-corrected chi connectivity index (χ1v) is 14.9. The zero-order valence-corrected chi connectivity index (χ0v) is 24.6. The highest BCUT2D eigenvalue weighted by Gasteiger charge is 2.25. The van der Waals surface area contributed by atoms with Crippen LogP contribution in [0.2, 0.25) is 0 Å². The molecule has 0 saturated carbocycles. The Morgan fingerprint density at radius 1 is 1.02 bits per heavy atom. The lowest BCUT2D eigenvalue weighted by atomic mass is 9.99. The first-order valence-electron chi connectivity index (χ1n) is 14.9. The summed E-state index contributed by atoms with van der Waals surface area (Å²) in [5.41, 5.74) is 2.08. The topological polar surface area (TPSA) is 120 Å². The molecular formula is C31H41N9O2. The van der Waals surface area contributed by atoms with Crippen molar-refractivity contribution in [1.82, 2.24) is 30.0 Å². The lowest BCUT2D eigenvalue weighted by Gasteiger charge is -2.41. The van der Waals surface area contributed by atoms with E-state index in [1.54, 1.807) is 12.1 Å². The second-order valence-electron chi connectivity index (χ2n) is 11.2. The molecule has 3 aromatic rings. The minimum absolute atomic E-state index is 0.124. The van der Waals surface area contributed by atoms with E-state index in [1.807, 2.05) is 26.0 Å². The molecule has 0 spiro atoms. The van der Waals surface area contributed by atoms with E-state index < -0.39 is 0 Å². The van der Waals surface area contributed by atoms with Gasteiger partial charge in [-0.15, -0.1) is 6.58 Å². The summed E-state index contributed by atoms with van der Waals surface area (Å²) < 4.78 is 1.37. The third-order valence-electron chi connectivity index (χ3n) is 7.86. The molecule has 2 aliphatic heterocycles. The van der Waals surface area contributed by atoms with Crippen molar-refractivity contribution in [2.45, 2.75) is 58.0 Å². The summed E-state index contributed by atoms with van der Waals surface area (Å²) >= 11 is 0. The second kappa shape index (κ2) is 13.6. The predicted molar refractivity (Wildman–Crippen MR) is 167 cm³/mol. The van der Waals surface area contributed by atoms with Gasteiger partial charge in [0.25, 0.3) is 11.5 Å². The number of carbonyl (C=O) groups excluding carboxylic acids is 1. The maximum absolute atomic E-state index is 12.8. The molecule has 0 unspecified atom stereocenters. The number of nitrogens with zero attached hydrogens (tertiary/aromatic N) is 6. The van der Waals surface area contributed by atoms with Crippen LogP contribution in [0.25, 0.3) is 0 Å². The molecule has 0 bridgehead atoms. The highest BCUT2D eigenvalue weighted by molar-refractivity contribution is 5.99. The Bertz CT molecular complexity index is 1420. The van der Waals surface area contributed by atoms with E-state index in [9.17, 15) is 9.59 Å². The van der Waals surface area contributed by atoms with E-state index in [0.29, 0.717) is 24.4 Å². The number of piperidine rings is 2. The van der Waals surface area contributed by atoms with Crippen molar-refractivity contribution in [2.75, 3.05) is 48.3 Å². The van der Waals surface area contributed by atoms with Crippen molar-refractivity contribution in [1.29, 1.82) is 0 Å². The van der Waals surface area contributed by atoms with Gasteiger partial charge in [-0.2, -0.15) is 10.1 Å². The number of carbonyl (C=O) groups is 1. The van der Waals surface area contributed by atoms with Crippen LogP contribution in [0.3, 0.4) is 0 Å². The normalized spacial score (nSPS) is 16.3. The Kier molecular flexibility index (Phi) is 9.48. The van der Waals surface area contributed by atoms with Crippen molar-refractivity contribution in [3.8, 4) is 0 Å². The van der Waals surface area contributed by atoms with Crippen molar-refractivity contribution in [3.05, 3.63) is 71.2 Å². The fourth-order valence-corrected chi connectivity index (χ4v) is 5.60. The molecular weight excluding hydrogens is 530 g/mol. The van der Waals surface area contributed by atoms with Crippen LogP contribution in [-0.4, -0.2) is 69.3 Å². The Balaban J connectivity index is 1.28. The Morgan fingerprint density at radius 3 is 2.45 bits per heavy atom. The summed E-state index contributed by atoms with van der Waals surface area (Å²) in [6.45, 7) is 12.4. The average molecular weight is 572 g/mol. The van der Waals surface area contributed by atoms with E-state index in [4.69, 9.17) is 0 Å². The van der Waals surface area contributed by atoms with E-state index in [-0.39, 0.29) is 28.9 Å². The molecule has 4 heterocycles. The van der Waals surface area contributed by atoms with Gasteiger partial charge >= 0.3 is 0 Å². The van der Waals surface area contributed by atoms with Gasteiger partial charge in [0.05, 0.1) is 6.04 Å². The lowest BCUT2D eigenvalue weighted by molar-refractivity contribution is 0.0958. The highest BCUT2D eigenvalue weighted by atomic mass is 16.1. The Hall–Kier alpha value is -4.25. The molecule has 0 atom stereocenters. The summed E-state index contributed by atoms with van der Waals surface area (Å²) in [5.74, 6) is 0.627. The number of benzene rings is 1. The smallest absolute Gasteiger partial charge is 0.267 e. The summed E-state index contributed by atoms with van der Waals surface area (Å²) in [7, 11) is 0. The number of hydrogen-bond acceptors (Lipinski definition) is 9. The summed E-state index contributed by atoms with van der Waals surface area (Å²) in [6.07, 6.45) is 9.53. The third-order valence-corrected chi connectivity index (χ3v) is 7.86. The predicted octanol–water partition coefficient (Wildman–Crippen LogP) is 4.47. The number of aromatic nitrogens is 4. The molecule has 2 fully saturated rings. The van der Waals surface area contributed by atoms with Crippen LogP contribution in [0.4, 0.5) is 29.0 Å². The van der Waals surface area contributed by atoms with Gasteiger partial charge in [0.2, 0.25) is 5.95 Å². The number of amides is 1. The van der Waals surface area contributed by atoms with E-state index in [1.165, 1.54) is 67.8 Å². The number of rotatable bonds is 10. The van der Waals surface area contributed by atoms with Gasteiger partial charge in [-0.3, -0.25) is 9.59 Å². The van der Waals surface area contributed by atoms with Gasteiger partial charge in [0.15, 0.2) is 5.82 Å². The molecule has 0 radical (unpaired) electrons. The molecule has 222 valence electrons. The zero-order chi connectivity index (χ0) is 29.5. The lowest BCUT2D eigenvalue weighted by Crippen LogP contribution is -2.46. The maximum Gasteiger partial charge on any atom is 0.267 e. The number of anilines is 5. The van der Waals surface area contributed by atoms with Crippen molar-refractivity contribution in [2.24, 2.45) is 0 Å². The Labute approximate surface area is 247 Å². The maximum atomic E-state index is 12.8. The minimum Gasteiger partial charge on any atom is -0.371 e. The first-order chi connectivity index (χ1) is 20.4. The molecule has 2 saturated heterocycles. The van der Waals surface area contributed by atoms with Crippen LogP contribution in [0.5, 0.6) is 0 Å². The van der Waals surface area contributed by atoms with Crippen LogP contribution >= 0.6 is 0 Å². The molecule has 42 heavy (non-hydrogen) atoms. The molecule has 2 aliphatic rings. The minimum atomic E-state index is -0.352. The molecule has 11 heteroatoms. The highest BCUT2D eigenvalue weighted by Crippen LogP contribution is 2.27. The molecule has 1 amide bonds. The fraction of sp³-hybridized carbons (Fsp3) is 0.452. The van der Waals surface area contributed by atoms with Gasteiger partial charge in [-0.25, -0.2) is 9.67 Å². The van der Waals surface area contributed by atoms with Gasteiger partial charge in [0, 0.05) is 49.3 Å². The summed E-state index contributed by atoms with van der Waals surface area (Å²) in [5, 5.41) is 13.5. The second-order valence-corrected chi connectivity index (χ2v) is 11.2. The molecule has 0 aliphatic carbocycles. The molecule has 2 aromatic heterocycles. The molecule has 5 rings (SSSR count). The van der Waals surface area contributed by atoms with Crippen LogP contribution < -0.4 is 26.4 Å². The van der Waals surface area contributed by atoms with Crippen LogP contribution in [0, 0.1) is 0 Å². The molecule has 1 aromatic carbocycles. The summed E-state index contributed by atoms with van der Waals surface area (Å²) in [4.78, 5) is 39.1. The molecule has 11 nitrogen and oxygen atoms in total. The van der Waals surface area contributed by atoms with Gasteiger partial charge < -0.3 is 25.8 Å². The Morgan fingerprint density at radius 2 is 1.76 bits per heavy atom. The van der Waals surface area contributed by atoms with Crippen molar-refractivity contribution < 1.29 is 4.79 Å². The SMILES string of the molecule is C=CCNC(=O)c1cnc(Nc2ccc(N3CCC(N4CCCCC4)CC3)cc2)nc1Nc1ccc(=O)n(C(C)C)n1. The largest absolute Gasteiger partial charge is 0.371 e. The summed E-state index contributed by atoms with van der Waals surface area (Å²) in [6, 6.07) is 11.9. The van der Waals surface area contributed by atoms with Crippen LogP contribution in [0.15, 0.2) is 60.0 Å². The van der Waals surface area contributed by atoms with E-state index in [0.717, 1.165) is 18.8 Å². The first kappa shape index (κ1) is 29.2. The molecule has 3 N–H and O–H groups in total. The standard InChI is InChI=1S/C31H41N9O2/c1-4-16-32-30(42)26-21-33-31(36-29(26)35-27-12-13-28(41)40(37-27)22(2)3)34-23-8-10-24(11-9-23)39-19-14-25(15-20-39)38-17-6-5-7-18-38/h4,8-13,21-22,25H,1,5-7,14-20H2,2-3H3,(H,32,42)(H2,33,34,35,36,37). The third kappa shape index (κ3) is 7.14. The zero-order valence-electron chi connectivity index (χ0n) is 24.6. The van der Waals surface area contributed by atoms with Gasteiger partial charge in [-0.05, 0) is 83.0 Å². The van der Waals surface area contributed by atoms with E-state index >= 15 is 0 Å². The number of nitrogens with one attached hydrogen (secondary N) is 3. The number of likely N-dealkylation sites (tertiary alicyclic amines) is 1. The average Bonchev–Trinajstić information content (AvgIpc) is 3.02. The van der Waals surface area contributed by atoms with Crippen LogP contribution in [-0.2, 0) is 0 Å². The quantitative estimate of drug-likeness (QED) is 0.303. The van der Waals surface area contributed by atoms with Gasteiger partial charge in [-0.1, -0.05) is 12.5 Å². The fourth-order valence-electron chi connectivity index (χ4n) is 5.60. The van der Waals surface area contributed by atoms with Crippen molar-refractivity contribution in [3.63, 3.8) is 0 Å². The number of hydrogen-bond donors (Lipinski definition) is 3. The van der Waals surface area contributed by atoms with Gasteiger partial charge in [0.1, 0.15) is 11.4 Å².